The molecule has 1 unspecified atom stereocenters. The van der Waals surface area contributed by atoms with Gasteiger partial charge in [-0.1, -0.05) is 43.2 Å². The average Bonchev–Trinajstić information content (AvgIpc) is 2.43. The molecule has 1 aromatic rings. The molecule has 1 N–H and O–H groups in total. The Hall–Kier alpha value is -0.860. The number of nitrogens with zero attached hydrogens (tertiary/aromatic N) is 1. The van der Waals surface area contributed by atoms with Crippen LogP contribution in [0.3, 0.4) is 0 Å². The van der Waals surface area contributed by atoms with Crippen LogP contribution in [0.15, 0.2) is 24.3 Å². The van der Waals surface area contributed by atoms with Gasteiger partial charge in [0, 0.05) is 19.1 Å². The highest BCUT2D eigenvalue weighted by Gasteiger charge is 2.16. The molecule has 19 heavy (non-hydrogen) atoms. The Morgan fingerprint density at radius 1 is 1.21 bits per heavy atom. The van der Waals surface area contributed by atoms with Gasteiger partial charge in [-0.25, -0.2) is 0 Å². The lowest BCUT2D eigenvalue weighted by Crippen LogP contribution is -2.43. The number of aryl methyl sites for hydroxylation is 1. The third-order valence-corrected chi connectivity index (χ3v) is 3.96. The highest BCUT2D eigenvalue weighted by Crippen LogP contribution is 2.12. The SMILES string of the molecule is CCCN(Cc1ccc(C)cc1)CC1CCCCN1. The minimum Gasteiger partial charge on any atom is -0.313 e. The first kappa shape index (κ1) is 14.5. The lowest BCUT2D eigenvalue weighted by molar-refractivity contribution is 0.217. The Bertz CT molecular complexity index is 352. The zero-order valence-electron chi connectivity index (χ0n) is 12.5. The van der Waals surface area contributed by atoms with Gasteiger partial charge in [0.1, 0.15) is 0 Å². The normalized spacial score (nSPS) is 19.8. The summed E-state index contributed by atoms with van der Waals surface area (Å²) in [5.74, 6) is 0. The standard InChI is InChI=1S/C17H28N2/c1-3-12-19(14-17-6-4-5-11-18-17)13-16-9-7-15(2)8-10-16/h7-10,17-18H,3-6,11-14H2,1-2H3. The number of rotatable bonds is 6. The summed E-state index contributed by atoms with van der Waals surface area (Å²) in [6, 6.07) is 9.68. The van der Waals surface area contributed by atoms with Crippen LogP contribution < -0.4 is 5.32 Å². The molecule has 1 aliphatic heterocycles. The van der Waals surface area contributed by atoms with Crippen molar-refractivity contribution >= 4 is 0 Å². The predicted molar refractivity (Wildman–Crippen MR) is 82.4 cm³/mol. The molecule has 0 saturated carbocycles. The molecule has 1 fully saturated rings. The third kappa shape index (κ3) is 4.96. The van der Waals surface area contributed by atoms with E-state index in [1.54, 1.807) is 0 Å². The second-order valence-electron chi connectivity index (χ2n) is 5.87. The van der Waals surface area contributed by atoms with Crippen molar-refractivity contribution in [1.82, 2.24) is 10.2 Å². The molecule has 0 bridgehead atoms. The van der Waals surface area contributed by atoms with Crippen LogP contribution in [0.2, 0.25) is 0 Å². The summed E-state index contributed by atoms with van der Waals surface area (Å²) in [6.45, 7) is 9.12. The van der Waals surface area contributed by atoms with Crippen LogP contribution in [-0.2, 0) is 6.54 Å². The molecule has 0 aliphatic carbocycles. The van der Waals surface area contributed by atoms with Crippen LogP contribution in [-0.4, -0.2) is 30.6 Å². The molecule has 0 radical (unpaired) electrons. The number of piperidine rings is 1. The fourth-order valence-electron chi connectivity index (χ4n) is 2.89. The zero-order valence-corrected chi connectivity index (χ0v) is 12.5. The summed E-state index contributed by atoms with van der Waals surface area (Å²) >= 11 is 0. The van der Waals surface area contributed by atoms with Gasteiger partial charge >= 0.3 is 0 Å². The summed E-state index contributed by atoms with van der Waals surface area (Å²) in [4.78, 5) is 2.60. The molecular formula is C17H28N2. The summed E-state index contributed by atoms with van der Waals surface area (Å²) in [5.41, 5.74) is 2.79. The Morgan fingerprint density at radius 2 is 2.00 bits per heavy atom. The van der Waals surface area contributed by atoms with Gasteiger partial charge < -0.3 is 5.32 Å². The quantitative estimate of drug-likeness (QED) is 0.844. The van der Waals surface area contributed by atoms with Crippen LogP contribution in [0.25, 0.3) is 0 Å². The number of hydrogen-bond acceptors (Lipinski definition) is 2. The molecule has 2 heteroatoms. The van der Waals surface area contributed by atoms with E-state index in [0.29, 0.717) is 6.04 Å². The van der Waals surface area contributed by atoms with Gasteiger partial charge in [-0.05, 0) is 44.8 Å². The van der Waals surface area contributed by atoms with Gasteiger partial charge in [0.25, 0.3) is 0 Å². The van der Waals surface area contributed by atoms with Crippen molar-refractivity contribution in [2.24, 2.45) is 0 Å². The summed E-state index contributed by atoms with van der Waals surface area (Å²) in [6.07, 6.45) is 5.32. The summed E-state index contributed by atoms with van der Waals surface area (Å²) < 4.78 is 0. The zero-order chi connectivity index (χ0) is 13.5. The van der Waals surface area contributed by atoms with Gasteiger partial charge in [-0.2, -0.15) is 0 Å². The van der Waals surface area contributed by atoms with Gasteiger partial charge in [0.2, 0.25) is 0 Å². The summed E-state index contributed by atoms with van der Waals surface area (Å²) in [5, 5.41) is 3.66. The number of nitrogens with one attached hydrogen (secondary N) is 1. The molecule has 0 aromatic heterocycles. The lowest BCUT2D eigenvalue weighted by Gasteiger charge is -2.30. The molecule has 1 heterocycles. The highest BCUT2D eigenvalue weighted by atomic mass is 15.1. The first-order valence-electron chi connectivity index (χ1n) is 7.79. The van der Waals surface area contributed by atoms with Crippen LogP contribution in [0.5, 0.6) is 0 Å². The Morgan fingerprint density at radius 3 is 2.63 bits per heavy atom. The highest BCUT2D eigenvalue weighted by molar-refractivity contribution is 5.21. The van der Waals surface area contributed by atoms with Crippen molar-refractivity contribution in [1.29, 1.82) is 0 Å². The third-order valence-electron chi connectivity index (χ3n) is 3.96. The molecule has 1 aromatic carbocycles. The van der Waals surface area contributed by atoms with E-state index >= 15 is 0 Å². The van der Waals surface area contributed by atoms with Crippen molar-refractivity contribution in [3.8, 4) is 0 Å². The average molecular weight is 260 g/mol. The lowest BCUT2D eigenvalue weighted by atomic mass is 10.0. The van der Waals surface area contributed by atoms with Gasteiger partial charge in [-0.15, -0.1) is 0 Å². The van der Waals surface area contributed by atoms with E-state index < -0.39 is 0 Å². The Kier molecular flexibility index (Phi) is 5.87. The topological polar surface area (TPSA) is 15.3 Å². The first-order chi connectivity index (χ1) is 9.28. The molecule has 2 nitrogen and oxygen atoms in total. The fraction of sp³-hybridized carbons (Fsp3) is 0.647. The van der Waals surface area contributed by atoms with E-state index in [-0.39, 0.29) is 0 Å². The molecule has 2 rings (SSSR count). The molecule has 1 atom stereocenters. The maximum Gasteiger partial charge on any atom is 0.0234 e. The summed E-state index contributed by atoms with van der Waals surface area (Å²) in [7, 11) is 0. The van der Waals surface area contributed by atoms with Gasteiger partial charge in [0.05, 0.1) is 0 Å². The van der Waals surface area contributed by atoms with Crippen molar-refractivity contribution in [3.05, 3.63) is 35.4 Å². The molecule has 106 valence electrons. The predicted octanol–water partition coefficient (Wildman–Crippen LogP) is 3.35. The maximum atomic E-state index is 3.66. The van der Waals surface area contributed by atoms with E-state index in [2.05, 4.69) is 48.3 Å². The maximum absolute atomic E-state index is 3.66. The molecular weight excluding hydrogens is 232 g/mol. The van der Waals surface area contributed by atoms with Crippen LogP contribution in [0.1, 0.15) is 43.7 Å². The molecule has 1 aliphatic rings. The minimum absolute atomic E-state index is 0.700. The molecule has 0 amide bonds. The van der Waals surface area contributed by atoms with Crippen LogP contribution in [0.4, 0.5) is 0 Å². The second kappa shape index (κ2) is 7.66. The van der Waals surface area contributed by atoms with Gasteiger partial charge in [-0.3, -0.25) is 4.90 Å². The van der Waals surface area contributed by atoms with Crippen LogP contribution in [0, 0.1) is 6.92 Å². The van der Waals surface area contributed by atoms with Crippen molar-refractivity contribution in [2.75, 3.05) is 19.6 Å². The van der Waals surface area contributed by atoms with E-state index in [1.807, 2.05) is 0 Å². The van der Waals surface area contributed by atoms with E-state index in [4.69, 9.17) is 0 Å². The molecule has 1 saturated heterocycles. The Balaban J connectivity index is 1.89. The first-order valence-corrected chi connectivity index (χ1v) is 7.79. The van der Waals surface area contributed by atoms with Crippen molar-refractivity contribution < 1.29 is 0 Å². The van der Waals surface area contributed by atoms with E-state index in [1.165, 1.54) is 56.4 Å². The van der Waals surface area contributed by atoms with Crippen molar-refractivity contribution in [2.45, 2.75) is 52.1 Å². The Labute approximate surface area is 118 Å². The second-order valence-corrected chi connectivity index (χ2v) is 5.87. The largest absolute Gasteiger partial charge is 0.313 e. The van der Waals surface area contributed by atoms with E-state index in [0.717, 1.165) is 6.54 Å². The van der Waals surface area contributed by atoms with Crippen LogP contribution >= 0.6 is 0 Å². The monoisotopic (exact) mass is 260 g/mol. The van der Waals surface area contributed by atoms with Crippen molar-refractivity contribution in [3.63, 3.8) is 0 Å². The number of benzene rings is 1. The van der Waals surface area contributed by atoms with Gasteiger partial charge in [0.15, 0.2) is 0 Å². The van der Waals surface area contributed by atoms with E-state index in [9.17, 15) is 0 Å². The number of hydrogen-bond donors (Lipinski definition) is 1. The smallest absolute Gasteiger partial charge is 0.0234 e. The molecule has 0 spiro atoms. The minimum atomic E-state index is 0.700. The fourth-order valence-corrected chi connectivity index (χ4v) is 2.89.